The van der Waals surface area contributed by atoms with Gasteiger partial charge < -0.3 is 5.32 Å². The number of aryl methyl sites for hydroxylation is 1. The summed E-state index contributed by atoms with van der Waals surface area (Å²) in [4.78, 5) is 1.39. The summed E-state index contributed by atoms with van der Waals surface area (Å²) in [5, 5.41) is 5.70. The fourth-order valence-corrected chi connectivity index (χ4v) is 3.21. The zero-order valence-corrected chi connectivity index (χ0v) is 12.9. The average Bonchev–Trinajstić information content (AvgIpc) is 2.83. The Labute approximate surface area is 120 Å². The first-order valence-electron chi connectivity index (χ1n) is 7.07. The summed E-state index contributed by atoms with van der Waals surface area (Å²) in [5.74, 6) is 0. The molecule has 1 aromatic carbocycles. The molecule has 19 heavy (non-hydrogen) atoms. The number of hydrogen-bond acceptors (Lipinski definition) is 2. The highest BCUT2D eigenvalue weighted by Gasteiger charge is 2.05. The van der Waals surface area contributed by atoms with E-state index in [1.807, 2.05) is 11.3 Å². The second kappa shape index (κ2) is 6.88. The molecule has 0 radical (unpaired) electrons. The molecule has 1 unspecified atom stereocenters. The van der Waals surface area contributed by atoms with E-state index in [2.05, 4.69) is 61.8 Å². The lowest BCUT2D eigenvalue weighted by Crippen LogP contribution is -2.28. The van der Waals surface area contributed by atoms with Gasteiger partial charge in [0.25, 0.3) is 0 Å². The first kappa shape index (κ1) is 14.3. The zero-order valence-electron chi connectivity index (χ0n) is 12.1. The highest BCUT2D eigenvalue weighted by molar-refractivity contribution is 7.13. The molecule has 0 bridgehead atoms. The molecule has 1 heterocycles. The number of thiophene rings is 1. The van der Waals surface area contributed by atoms with Gasteiger partial charge in [0.1, 0.15) is 0 Å². The van der Waals surface area contributed by atoms with Crippen molar-refractivity contribution in [1.29, 1.82) is 0 Å². The predicted octanol–water partition coefficient (Wildman–Crippen LogP) is 4.65. The fourth-order valence-electron chi connectivity index (χ4n) is 2.28. The van der Waals surface area contributed by atoms with Gasteiger partial charge in [0.2, 0.25) is 0 Å². The first-order valence-corrected chi connectivity index (χ1v) is 7.95. The van der Waals surface area contributed by atoms with Crippen LogP contribution in [0.3, 0.4) is 0 Å². The van der Waals surface area contributed by atoms with Crippen molar-refractivity contribution in [2.24, 2.45) is 0 Å². The van der Waals surface area contributed by atoms with Gasteiger partial charge in [-0.15, -0.1) is 11.3 Å². The van der Waals surface area contributed by atoms with Crippen molar-refractivity contribution in [3.63, 3.8) is 0 Å². The molecule has 0 spiro atoms. The van der Waals surface area contributed by atoms with E-state index < -0.39 is 0 Å². The summed E-state index contributed by atoms with van der Waals surface area (Å²) >= 11 is 1.82. The lowest BCUT2D eigenvalue weighted by molar-refractivity contribution is 0.543. The zero-order chi connectivity index (χ0) is 13.7. The maximum absolute atomic E-state index is 3.53. The Morgan fingerprint density at radius 2 is 1.89 bits per heavy atom. The van der Waals surface area contributed by atoms with Crippen LogP contribution in [-0.2, 0) is 6.42 Å². The van der Waals surface area contributed by atoms with Crippen LogP contribution in [-0.4, -0.2) is 12.6 Å². The highest BCUT2D eigenvalue weighted by Crippen LogP contribution is 2.29. The molecule has 1 aromatic heterocycles. The van der Waals surface area contributed by atoms with Gasteiger partial charge in [-0.1, -0.05) is 31.2 Å². The maximum atomic E-state index is 3.53. The lowest BCUT2D eigenvalue weighted by Gasteiger charge is -2.13. The number of rotatable bonds is 6. The number of hydrogen-bond donors (Lipinski definition) is 1. The van der Waals surface area contributed by atoms with Crippen molar-refractivity contribution >= 4 is 11.3 Å². The molecular weight excluding hydrogens is 250 g/mol. The summed E-state index contributed by atoms with van der Waals surface area (Å²) < 4.78 is 0. The Morgan fingerprint density at radius 1 is 1.16 bits per heavy atom. The summed E-state index contributed by atoms with van der Waals surface area (Å²) in [7, 11) is 0. The van der Waals surface area contributed by atoms with E-state index in [0.717, 1.165) is 13.0 Å². The molecule has 2 aromatic rings. The van der Waals surface area contributed by atoms with E-state index in [0.29, 0.717) is 6.04 Å². The van der Waals surface area contributed by atoms with Gasteiger partial charge in [-0.05, 0) is 61.4 Å². The molecule has 102 valence electrons. The highest BCUT2D eigenvalue weighted by atomic mass is 32.1. The maximum Gasteiger partial charge on any atom is 0.0371 e. The van der Waals surface area contributed by atoms with E-state index in [4.69, 9.17) is 0 Å². The molecule has 0 fully saturated rings. The SMILES string of the molecule is CCCNC(C)Cc1ccc(-c2sccc2C)cc1. The molecule has 0 saturated heterocycles. The van der Waals surface area contributed by atoms with Crippen LogP contribution in [0.15, 0.2) is 35.7 Å². The van der Waals surface area contributed by atoms with E-state index in [1.54, 1.807) is 0 Å². The van der Waals surface area contributed by atoms with Gasteiger partial charge in [0, 0.05) is 10.9 Å². The van der Waals surface area contributed by atoms with Crippen molar-refractivity contribution in [3.05, 3.63) is 46.8 Å². The Bertz CT molecular complexity index is 498. The third-order valence-electron chi connectivity index (χ3n) is 3.36. The number of nitrogens with one attached hydrogen (secondary N) is 1. The third kappa shape index (κ3) is 3.92. The monoisotopic (exact) mass is 273 g/mol. The molecule has 0 aliphatic carbocycles. The Hall–Kier alpha value is -1.12. The van der Waals surface area contributed by atoms with Crippen LogP contribution in [0, 0.1) is 6.92 Å². The molecule has 0 amide bonds. The molecule has 2 heteroatoms. The summed E-state index contributed by atoms with van der Waals surface area (Å²) in [6, 6.07) is 11.8. The summed E-state index contributed by atoms with van der Waals surface area (Å²) in [6.07, 6.45) is 2.30. The van der Waals surface area contributed by atoms with E-state index >= 15 is 0 Å². The normalized spacial score (nSPS) is 12.6. The smallest absolute Gasteiger partial charge is 0.0371 e. The van der Waals surface area contributed by atoms with Gasteiger partial charge in [-0.25, -0.2) is 0 Å². The predicted molar refractivity (Wildman–Crippen MR) is 86.0 cm³/mol. The first-order chi connectivity index (χ1) is 9.20. The van der Waals surface area contributed by atoms with Crippen molar-refractivity contribution < 1.29 is 0 Å². The quantitative estimate of drug-likeness (QED) is 0.807. The van der Waals surface area contributed by atoms with Gasteiger partial charge in [-0.3, -0.25) is 0 Å². The Balaban J connectivity index is 2.01. The van der Waals surface area contributed by atoms with Crippen LogP contribution in [0.1, 0.15) is 31.4 Å². The molecule has 0 aliphatic heterocycles. The van der Waals surface area contributed by atoms with E-state index in [-0.39, 0.29) is 0 Å². The molecular formula is C17H23NS. The van der Waals surface area contributed by atoms with Gasteiger partial charge in [0.15, 0.2) is 0 Å². The largest absolute Gasteiger partial charge is 0.314 e. The summed E-state index contributed by atoms with van der Waals surface area (Å²) in [6.45, 7) is 7.75. The number of benzene rings is 1. The van der Waals surface area contributed by atoms with Crippen LogP contribution in [0.5, 0.6) is 0 Å². The van der Waals surface area contributed by atoms with Crippen molar-refractivity contribution in [2.45, 2.75) is 39.7 Å². The van der Waals surface area contributed by atoms with Crippen molar-refractivity contribution in [1.82, 2.24) is 5.32 Å². The Morgan fingerprint density at radius 3 is 2.47 bits per heavy atom. The van der Waals surface area contributed by atoms with Crippen molar-refractivity contribution in [2.75, 3.05) is 6.54 Å². The Kier molecular flexibility index (Phi) is 5.17. The van der Waals surface area contributed by atoms with Gasteiger partial charge >= 0.3 is 0 Å². The molecule has 1 atom stereocenters. The molecule has 1 nitrogen and oxygen atoms in total. The van der Waals surface area contributed by atoms with Crippen LogP contribution >= 0.6 is 11.3 Å². The molecule has 2 rings (SSSR count). The van der Waals surface area contributed by atoms with Gasteiger partial charge in [0.05, 0.1) is 0 Å². The minimum Gasteiger partial charge on any atom is -0.314 e. The van der Waals surface area contributed by atoms with Gasteiger partial charge in [-0.2, -0.15) is 0 Å². The second-order valence-electron chi connectivity index (χ2n) is 5.19. The standard InChI is InChI=1S/C17H23NS/c1-4-10-18-14(3)12-15-5-7-16(8-6-15)17-13(2)9-11-19-17/h5-9,11,14,18H,4,10,12H2,1-3H3. The lowest BCUT2D eigenvalue weighted by atomic mass is 10.0. The minimum absolute atomic E-state index is 0.550. The van der Waals surface area contributed by atoms with Crippen LogP contribution in [0.25, 0.3) is 10.4 Å². The third-order valence-corrected chi connectivity index (χ3v) is 4.43. The van der Waals surface area contributed by atoms with Crippen LogP contribution in [0.4, 0.5) is 0 Å². The fraction of sp³-hybridized carbons (Fsp3) is 0.412. The minimum atomic E-state index is 0.550. The molecule has 0 saturated carbocycles. The second-order valence-corrected chi connectivity index (χ2v) is 6.11. The molecule has 1 N–H and O–H groups in total. The van der Waals surface area contributed by atoms with Crippen LogP contribution in [0.2, 0.25) is 0 Å². The van der Waals surface area contributed by atoms with E-state index in [9.17, 15) is 0 Å². The topological polar surface area (TPSA) is 12.0 Å². The average molecular weight is 273 g/mol. The molecule has 0 aliphatic rings. The summed E-state index contributed by atoms with van der Waals surface area (Å²) in [5.41, 5.74) is 4.12. The van der Waals surface area contributed by atoms with E-state index in [1.165, 1.54) is 28.0 Å². The van der Waals surface area contributed by atoms with Crippen molar-refractivity contribution in [3.8, 4) is 10.4 Å². The van der Waals surface area contributed by atoms with Crippen LogP contribution < -0.4 is 5.32 Å².